The Labute approximate surface area is 117 Å². The SMILES string of the molecule is CCOC(=O)CN(Cc1cnc(N)s1)C1CCCC1. The van der Waals surface area contributed by atoms with E-state index in [1.165, 1.54) is 24.2 Å². The highest BCUT2D eigenvalue weighted by Gasteiger charge is 2.25. The van der Waals surface area contributed by atoms with Crippen molar-refractivity contribution in [2.24, 2.45) is 0 Å². The van der Waals surface area contributed by atoms with E-state index in [4.69, 9.17) is 10.5 Å². The van der Waals surface area contributed by atoms with Crippen molar-refractivity contribution in [2.75, 3.05) is 18.9 Å². The highest BCUT2D eigenvalue weighted by atomic mass is 32.1. The number of nitrogen functional groups attached to an aromatic ring is 1. The third-order valence-corrected chi connectivity index (χ3v) is 4.22. The first-order chi connectivity index (χ1) is 9.19. The summed E-state index contributed by atoms with van der Waals surface area (Å²) in [6.07, 6.45) is 6.61. The van der Waals surface area contributed by atoms with E-state index in [2.05, 4.69) is 9.88 Å². The molecule has 1 saturated carbocycles. The third kappa shape index (κ3) is 4.18. The molecule has 106 valence electrons. The number of esters is 1. The predicted molar refractivity (Wildman–Crippen MR) is 75.8 cm³/mol. The molecule has 0 unspecified atom stereocenters. The van der Waals surface area contributed by atoms with Crippen LogP contribution in [0.3, 0.4) is 0 Å². The Morgan fingerprint density at radius 1 is 1.58 bits per heavy atom. The standard InChI is InChI=1S/C13H21N3O2S/c1-2-18-12(17)9-16(10-5-3-4-6-10)8-11-7-15-13(14)19-11/h7,10H,2-6,8-9H2,1H3,(H2,14,15). The Hall–Kier alpha value is -1.14. The van der Waals surface area contributed by atoms with Gasteiger partial charge in [0.05, 0.1) is 13.2 Å². The molecule has 0 amide bonds. The van der Waals surface area contributed by atoms with E-state index in [1.54, 1.807) is 6.20 Å². The summed E-state index contributed by atoms with van der Waals surface area (Å²) in [5, 5.41) is 0.581. The topological polar surface area (TPSA) is 68.5 Å². The summed E-state index contributed by atoms with van der Waals surface area (Å²) in [6.45, 7) is 3.36. The summed E-state index contributed by atoms with van der Waals surface area (Å²) in [6, 6.07) is 0.479. The summed E-state index contributed by atoms with van der Waals surface area (Å²) >= 11 is 1.49. The smallest absolute Gasteiger partial charge is 0.320 e. The average Bonchev–Trinajstić information content (AvgIpc) is 3.00. The molecule has 6 heteroatoms. The largest absolute Gasteiger partial charge is 0.465 e. The lowest BCUT2D eigenvalue weighted by Gasteiger charge is -2.27. The van der Waals surface area contributed by atoms with E-state index < -0.39 is 0 Å². The number of carbonyl (C=O) groups excluding carboxylic acids is 1. The summed E-state index contributed by atoms with van der Waals surface area (Å²) in [4.78, 5) is 19.1. The number of ether oxygens (including phenoxy) is 1. The molecule has 0 atom stereocenters. The van der Waals surface area contributed by atoms with Crippen molar-refractivity contribution in [3.63, 3.8) is 0 Å². The second-order valence-corrected chi connectivity index (χ2v) is 5.96. The van der Waals surface area contributed by atoms with Gasteiger partial charge in [0.25, 0.3) is 0 Å². The Bertz CT molecular complexity index is 416. The zero-order chi connectivity index (χ0) is 13.7. The molecule has 2 N–H and O–H groups in total. The number of hydrogen-bond acceptors (Lipinski definition) is 6. The molecule has 1 aliphatic carbocycles. The minimum Gasteiger partial charge on any atom is -0.465 e. The second kappa shape index (κ2) is 6.86. The van der Waals surface area contributed by atoms with Crippen molar-refractivity contribution in [2.45, 2.75) is 45.2 Å². The molecule has 0 aromatic carbocycles. The maximum Gasteiger partial charge on any atom is 0.320 e. The number of thiazole rings is 1. The van der Waals surface area contributed by atoms with Gasteiger partial charge in [0.1, 0.15) is 0 Å². The maximum atomic E-state index is 11.7. The van der Waals surface area contributed by atoms with Crippen LogP contribution in [0.15, 0.2) is 6.20 Å². The second-order valence-electron chi connectivity index (χ2n) is 4.81. The predicted octanol–water partition coefficient (Wildman–Crippen LogP) is 2.03. The van der Waals surface area contributed by atoms with E-state index in [0.717, 1.165) is 24.3 Å². The van der Waals surface area contributed by atoms with Crippen LogP contribution in [0.1, 0.15) is 37.5 Å². The molecule has 0 aliphatic heterocycles. The van der Waals surface area contributed by atoms with Crippen LogP contribution in [0.2, 0.25) is 0 Å². The minimum absolute atomic E-state index is 0.146. The average molecular weight is 283 g/mol. The van der Waals surface area contributed by atoms with E-state index in [-0.39, 0.29) is 5.97 Å². The van der Waals surface area contributed by atoms with Gasteiger partial charge >= 0.3 is 5.97 Å². The third-order valence-electron chi connectivity index (χ3n) is 3.41. The normalized spacial score (nSPS) is 16.1. The zero-order valence-electron chi connectivity index (χ0n) is 11.3. The monoisotopic (exact) mass is 283 g/mol. The number of anilines is 1. The quantitative estimate of drug-likeness (QED) is 0.809. The molecule has 1 aromatic heterocycles. The van der Waals surface area contributed by atoms with Crippen LogP contribution >= 0.6 is 11.3 Å². The van der Waals surface area contributed by atoms with Crippen molar-refractivity contribution in [1.82, 2.24) is 9.88 Å². The number of hydrogen-bond donors (Lipinski definition) is 1. The first kappa shape index (κ1) is 14.3. The minimum atomic E-state index is -0.146. The highest BCUT2D eigenvalue weighted by Crippen LogP contribution is 2.26. The van der Waals surface area contributed by atoms with E-state index in [0.29, 0.717) is 24.3 Å². The van der Waals surface area contributed by atoms with Gasteiger partial charge in [0.15, 0.2) is 5.13 Å². The summed E-state index contributed by atoms with van der Waals surface area (Å²) in [5.74, 6) is -0.146. The summed E-state index contributed by atoms with van der Waals surface area (Å²) in [5.41, 5.74) is 5.65. The Kier molecular flexibility index (Phi) is 5.15. The van der Waals surface area contributed by atoms with E-state index in [9.17, 15) is 4.79 Å². The maximum absolute atomic E-state index is 11.7. The van der Waals surface area contributed by atoms with Gasteiger partial charge in [-0.3, -0.25) is 9.69 Å². The van der Waals surface area contributed by atoms with Gasteiger partial charge in [0.2, 0.25) is 0 Å². The van der Waals surface area contributed by atoms with Crippen molar-refractivity contribution in [3.05, 3.63) is 11.1 Å². The summed E-state index contributed by atoms with van der Waals surface area (Å²) < 4.78 is 5.06. The Morgan fingerprint density at radius 2 is 2.32 bits per heavy atom. The van der Waals surface area contributed by atoms with E-state index >= 15 is 0 Å². The Balaban J connectivity index is 1.98. The van der Waals surface area contributed by atoms with Gasteiger partial charge in [-0.15, -0.1) is 11.3 Å². The van der Waals surface area contributed by atoms with Crippen molar-refractivity contribution in [1.29, 1.82) is 0 Å². The zero-order valence-corrected chi connectivity index (χ0v) is 12.1. The molecule has 5 nitrogen and oxygen atoms in total. The van der Waals surface area contributed by atoms with Gasteiger partial charge in [0, 0.05) is 23.7 Å². The molecule has 2 rings (SSSR count). The molecule has 0 spiro atoms. The van der Waals surface area contributed by atoms with Crippen molar-refractivity contribution >= 4 is 22.4 Å². The van der Waals surface area contributed by atoms with Crippen LogP contribution in [0.25, 0.3) is 0 Å². The first-order valence-electron chi connectivity index (χ1n) is 6.79. The fraction of sp³-hybridized carbons (Fsp3) is 0.692. The van der Waals surface area contributed by atoms with Gasteiger partial charge in [-0.2, -0.15) is 0 Å². The molecule has 1 aliphatic rings. The van der Waals surface area contributed by atoms with E-state index in [1.807, 2.05) is 6.92 Å². The number of carbonyl (C=O) groups is 1. The Morgan fingerprint density at radius 3 is 2.89 bits per heavy atom. The van der Waals surface area contributed by atoms with Crippen LogP contribution in [0, 0.1) is 0 Å². The van der Waals surface area contributed by atoms with Crippen LogP contribution in [-0.4, -0.2) is 35.0 Å². The lowest BCUT2D eigenvalue weighted by Crippen LogP contribution is -2.37. The van der Waals surface area contributed by atoms with Gasteiger partial charge in [-0.1, -0.05) is 12.8 Å². The number of nitrogens with two attached hydrogens (primary N) is 1. The fourth-order valence-corrected chi connectivity index (χ4v) is 3.26. The van der Waals surface area contributed by atoms with Crippen LogP contribution in [0.4, 0.5) is 5.13 Å². The lowest BCUT2D eigenvalue weighted by molar-refractivity contribution is -0.145. The molecular weight excluding hydrogens is 262 g/mol. The summed E-state index contributed by atoms with van der Waals surface area (Å²) in [7, 11) is 0. The lowest BCUT2D eigenvalue weighted by atomic mass is 10.2. The fourth-order valence-electron chi connectivity index (χ4n) is 2.55. The molecule has 0 saturated heterocycles. The molecule has 1 fully saturated rings. The number of aromatic nitrogens is 1. The molecule has 1 heterocycles. The first-order valence-corrected chi connectivity index (χ1v) is 7.60. The highest BCUT2D eigenvalue weighted by molar-refractivity contribution is 7.15. The van der Waals surface area contributed by atoms with Crippen LogP contribution in [0.5, 0.6) is 0 Å². The number of nitrogens with zero attached hydrogens (tertiary/aromatic N) is 2. The molecule has 19 heavy (non-hydrogen) atoms. The number of rotatable bonds is 6. The molecule has 1 aromatic rings. The van der Waals surface area contributed by atoms with Crippen LogP contribution in [-0.2, 0) is 16.1 Å². The van der Waals surface area contributed by atoms with Crippen molar-refractivity contribution in [3.8, 4) is 0 Å². The van der Waals surface area contributed by atoms with Gasteiger partial charge < -0.3 is 10.5 Å². The van der Waals surface area contributed by atoms with Gasteiger partial charge in [-0.05, 0) is 19.8 Å². The van der Waals surface area contributed by atoms with Gasteiger partial charge in [-0.25, -0.2) is 4.98 Å². The van der Waals surface area contributed by atoms with Crippen LogP contribution < -0.4 is 5.73 Å². The molecule has 0 radical (unpaired) electrons. The van der Waals surface area contributed by atoms with Crippen molar-refractivity contribution < 1.29 is 9.53 Å². The molecular formula is C13H21N3O2S. The molecule has 0 bridgehead atoms.